The summed E-state index contributed by atoms with van der Waals surface area (Å²) in [5, 5.41) is 3.99. The zero-order valence-electron chi connectivity index (χ0n) is 10.9. The molecule has 1 aromatic carbocycles. The summed E-state index contributed by atoms with van der Waals surface area (Å²) in [6, 6.07) is 10.6. The van der Waals surface area contributed by atoms with Crippen molar-refractivity contribution in [1.82, 2.24) is 10.3 Å². The van der Waals surface area contributed by atoms with Gasteiger partial charge in [-0.05, 0) is 36.2 Å². The van der Waals surface area contributed by atoms with Crippen molar-refractivity contribution in [2.45, 2.75) is 19.4 Å². The Kier molecular flexibility index (Phi) is 4.99. The van der Waals surface area contributed by atoms with Crippen molar-refractivity contribution < 1.29 is 4.79 Å². The van der Waals surface area contributed by atoms with E-state index in [2.05, 4.69) is 10.3 Å². The second-order valence-corrected chi connectivity index (χ2v) is 5.18. The number of pyridine rings is 1. The summed E-state index contributed by atoms with van der Waals surface area (Å²) in [4.78, 5) is 16.1. The van der Waals surface area contributed by atoms with Crippen LogP contribution in [0.3, 0.4) is 0 Å². The summed E-state index contributed by atoms with van der Waals surface area (Å²) in [5.41, 5.74) is 1.46. The van der Waals surface area contributed by atoms with Crippen molar-refractivity contribution in [1.29, 1.82) is 0 Å². The first-order valence-electron chi connectivity index (χ1n) is 6.28. The van der Waals surface area contributed by atoms with Crippen LogP contribution in [0.2, 0.25) is 10.2 Å². The van der Waals surface area contributed by atoms with Gasteiger partial charge in [-0.15, -0.1) is 0 Å². The third kappa shape index (κ3) is 3.71. The molecule has 5 heteroatoms. The molecule has 0 radical (unpaired) electrons. The van der Waals surface area contributed by atoms with E-state index in [-0.39, 0.29) is 11.9 Å². The summed E-state index contributed by atoms with van der Waals surface area (Å²) in [6.07, 6.45) is 2.23. The van der Waals surface area contributed by atoms with Crippen LogP contribution in [-0.2, 0) is 0 Å². The number of hydrogen-bond donors (Lipinski definition) is 1. The normalized spacial score (nSPS) is 11.9. The summed E-state index contributed by atoms with van der Waals surface area (Å²) in [6.45, 7) is 2.01. The van der Waals surface area contributed by atoms with Crippen molar-refractivity contribution in [3.8, 4) is 0 Å². The largest absolute Gasteiger partial charge is 0.345 e. The molecule has 0 spiro atoms. The van der Waals surface area contributed by atoms with Crippen molar-refractivity contribution in [2.75, 3.05) is 0 Å². The number of aromatic nitrogens is 1. The lowest BCUT2D eigenvalue weighted by Gasteiger charge is -2.17. The summed E-state index contributed by atoms with van der Waals surface area (Å²) in [5.74, 6) is -0.180. The summed E-state index contributed by atoms with van der Waals surface area (Å²) >= 11 is 11.7. The number of hydrogen-bond acceptors (Lipinski definition) is 2. The van der Waals surface area contributed by atoms with Gasteiger partial charge >= 0.3 is 0 Å². The number of halogens is 2. The van der Waals surface area contributed by atoms with E-state index in [0.29, 0.717) is 15.7 Å². The Bertz CT molecular complexity index is 599. The van der Waals surface area contributed by atoms with Gasteiger partial charge in [-0.3, -0.25) is 4.79 Å². The molecule has 3 nitrogen and oxygen atoms in total. The SMILES string of the molecule is CCC(NC(=O)c1ccc(Cl)nc1)c1cccc(Cl)c1. The smallest absolute Gasteiger partial charge is 0.253 e. The Hall–Kier alpha value is -1.58. The standard InChI is InChI=1S/C15H14Cl2N2O/c1-2-13(10-4-3-5-12(16)8-10)19-15(20)11-6-7-14(17)18-9-11/h3-9,13H,2H2,1H3,(H,19,20). The number of nitrogens with one attached hydrogen (secondary N) is 1. The number of carbonyl (C=O) groups excluding carboxylic acids is 1. The molecule has 1 unspecified atom stereocenters. The first-order chi connectivity index (χ1) is 9.60. The Morgan fingerprint density at radius 3 is 2.70 bits per heavy atom. The highest BCUT2D eigenvalue weighted by Gasteiger charge is 2.14. The van der Waals surface area contributed by atoms with Crippen LogP contribution >= 0.6 is 23.2 Å². The Balaban J connectivity index is 2.14. The molecular weight excluding hydrogens is 295 g/mol. The Morgan fingerprint density at radius 1 is 1.30 bits per heavy atom. The fourth-order valence-corrected chi connectivity index (χ4v) is 2.21. The summed E-state index contributed by atoms with van der Waals surface area (Å²) in [7, 11) is 0. The minimum absolute atomic E-state index is 0.0862. The van der Waals surface area contributed by atoms with Gasteiger partial charge in [-0.25, -0.2) is 4.98 Å². The van der Waals surface area contributed by atoms with Crippen LogP contribution < -0.4 is 5.32 Å². The predicted octanol–water partition coefficient (Wildman–Crippen LogP) is 4.27. The molecule has 0 aliphatic carbocycles. The molecule has 2 rings (SSSR count). The number of rotatable bonds is 4. The molecule has 104 valence electrons. The quantitative estimate of drug-likeness (QED) is 0.857. The van der Waals surface area contributed by atoms with Crippen LogP contribution in [-0.4, -0.2) is 10.9 Å². The van der Waals surface area contributed by atoms with Gasteiger partial charge < -0.3 is 5.32 Å². The fraction of sp³-hybridized carbons (Fsp3) is 0.200. The molecular formula is C15H14Cl2N2O. The molecule has 1 heterocycles. The zero-order chi connectivity index (χ0) is 14.5. The van der Waals surface area contributed by atoms with Crippen molar-refractivity contribution in [3.05, 3.63) is 63.9 Å². The molecule has 0 aliphatic rings. The molecule has 0 bridgehead atoms. The van der Waals surface area contributed by atoms with Gasteiger partial charge in [0.2, 0.25) is 0 Å². The van der Waals surface area contributed by atoms with Gasteiger partial charge in [0.1, 0.15) is 5.15 Å². The van der Waals surface area contributed by atoms with Crippen LogP contribution in [0.25, 0.3) is 0 Å². The van der Waals surface area contributed by atoms with E-state index in [1.165, 1.54) is 6.20 Å². The van der Waals surface area contributed by atoms with Gasteiger partial charge in [0.05, 0.1) is 11.6 Å². The lowest BCUT2D eigenvalue weighted by Crippen LogP contribution is -2.28. The molecule has 1 atom stereocenters. The van der Waals surface area contributed by atoms with E-state index in [4.69, 9.17) is 23.2 Å². The second-order valence-electron chi connectivity index (χ2n) is 4.36. The molecule has 1 amide bonds. The average Bonchev–Trinajstić information content (AvgIpc) is 2.45. The van der Waals surface area contributed by atoms with Crippen LogP contribution in [0.15, 0.2) is 42.6 Å². The molecule has 20 heavy (non-hydrogen) atoms. The number of nitrogens with zero attached hydrogens (tertiary/aromatic N) is 1. The van der Waals surface area contributed by atoms with Gasteiger partial charge in [0.25, 0.3) is 5.91 Å². The maximum atomic E-state index is 12.2. The van der Waals surface area contributed by atoms with Crippen molar-refractivity contribution in [3.63, 3.8) is 0 Å². The lowest BCUT2D eigenvalue weighted by molar-refractivity contribution is 0.0935. The molecule has 0 saturated carbocycles. The first-order valence-corrected chi connectivity index (χ1v) is 7.03. The van der Waals surface area contributed by atoms with Crippen molar-refractivity contribution in [2.24, 2.45) is 0 Å². The van der Waals surface area contributed by atoms with E-state index >= 15 is 0 Å². The first kappa shape index (κ1) is 14.8. The molecule has 0 fully saturated rings. The van der Waals surface area contributed by atoms with E-state index in [1.807, 2.05) is 31.2 Å². The number of carbonyl (C=O) groups is 1. The second kappa shape index (κ2) is 6.73. The molecule has 1 aromatic heterocycles. The molecule has 2 aromatic rings. The van der Waals surface area contributed by atoms with Gasteiger partial charge in [0, 0.05) is 11.2 Å². The topological polar surface area (TPSA) is 42.0 Å². The van der Waals surface area contributed by atoms with Crippen molar-refractivity contribution >= 4 is 29.1 Å². The highest BCUT2D eigenvalue weighted by atomic mass is 35.5. The third-order valence-corrected chi connectivity index (χ3v) is 3.41. The van der Waals surface area contributed by atoms with E-state index in [9.17, 15) is 4.79 Å². The van der Waals surface area contributed by atoms with Gasteiger partial charge in [-0.1, -0.05) is 42.3 Å². The molecule has 1 N–H and O–H groups in total. The van der Waals surface area contributed by atoms with Crippen LogP contribution in [0.5, 0.6) is 0 Å². The average molecular weight is 309 g/mol. The Labute approximate surface area is 127 Å². The number of benzene rings is 1. The van der Waals surface area contributed by atoms with Gasteiger partial charge in [0.15, 0.2) is 0 Å². The third-order valence-electron chi connectivity index (χ3n) is 2.95. The predicted molar refractivity (Wildman–Crippen MR) is 81.2 cm³/mol. The van der Waals surface area contributed by atoms with Crippen LogP contribution in [0.4, 0.5) is 0 Å². The number of amides is 1. The minimum atomic E-state index is -0.180. The highest BCUT2D eigenvalue weighted by Crippen LogP contribution is 2.20. The van der Waals surface area contributed by atoms with Gasteiger partial charge in [-0.2, -0.15) is 0 Å². The minimum Gasteiger partial charge on any atom is -0.345 e. The monoisotopic (exact) mass is 308 g/mol. The zero-order valence-corrected chi connectivity index (χ0v) is 12.4. The lowest BCUT2D eigenvalue weighted by atomic mass is 10.0. The van der Waals surface area contributed by atoms with Crippen LogP contribution in [0, 0.1) is 0 Å². The summed E-state index contributed by atoms with van der Waals surface area (Å²) < 4.78 is 0. The highest BCUT2D eigenvalue weighted by molar-refractivity contribution is 6.30. The maximum Gasteiger partial charge on any atom is 0.253 e. The van der Waals surface area contributed by atoms with E-state index in [1.54, 1.807) is 12.1 Å². The Morgan fingerprint density at radius 2 is 2.10 bits per heavy atom. The maximum absolute atomic E-state index is 12.2. The molecule has 0 aliphatic heterocycles. The fourth-order valence-electron chi connectivity index (χ4n) is 1.90. The van der Waals surface area contributed by atoms with Crippen LogP contribution in [0.1, 0.15) is 35.3 Å². The molecule has 0 saturated heterocycles. The van der Waals surface area contributed by atoms with E-state index < -0.39 is 0 Å². The van der Waals surface area contributed by atoms with E-state index in [0.717, 1.165) is 12.0 Å².